The minimum atomic E-state index is -1.16. The Morgan fingerprint density at radius 1 is 1.38 bits per heavy atom. The number of nitrogens with zero attached hydrogens (tertiary/aromatic N) is 3. The summed E-state index contributed by atoms with van der Waals surface area (Å²) in [5.41, 5.74) is 0.800. The van der Waals surface area contributed by atoms with Gasteiger partial charge in [-0.3, -0.25) is 14.3 Å². The van der Waals surface area contributed by atoms with E-state index in [4.69, 9.17) is 9.52 Å². The lowest BCUT2D eigenvalue weighted by atomic mass is 9.85. The van der Waals surface area contributed by atoms with Gasteiger partial charge in [0.25, 0.3) is 0 Å². The van der Waals surface area contributed by atoms with Gasteiger partial charge in [0.1, 0.15) is 5.76 Å². The highest BCUT2D eigenvalue weighted by molar-refractivity contribution is 5.85. The van der Waals surface area contributed by atoms with E-state index in [0.29, 0.717) is 18.6 Å². The lowest BCUT2D eigenvalue weighted by molar-refractivity contribution is -0.141. The van der Waals surface area contributed by atoms with Crippen molar-refractivity contribution in [1.29, 1.82) is 0 Å². The molecule has 9 nitrogen and oxygen atoms in total. The average Bonchev–Trinajstić information content (AvgIpc) is 3.24. The Labute approximate surface area is 149 Å². The summed E-state index contributed by atoms with van der Waals surface area (Å²) in [6.07, 6.45) is 4.19. The van der Waals surface area contributed by atoms with E-state index in [1.807, 2.05) is 0 Å². The molecule has 0 bridgehead atoms. The molecule has 1 aliphatic rings. The molecule has 0 spiro atoms. The zero-order valence-electron chi connectivity index (χ0n) is 14.5. The normalized spacial score (nSPS) is 20.2. The van der Waals surface area contributed by atoms with Crippen molar-refractivity contribution in [3.63, 3.8) is 0 Å². The number of carbonyl (C=O) groups is 3. The van der Waals surface area contributed by atoms with Crippen molar-refractivity contribution >= 4 is 17.8 Å². The summed E-state index contributed by atoms with van der Waals surface area (Å²) < 4.78 is 6.78. The molecule has 2 atom stereocenters. The number of aromatic nitrogens is 2. The van der Waals surface area contributed by atoms with Crippen molar-refractivity contribution < 1.29 is 23.9 Å². The number of carboxylic acids is 1. The fourth-order valence-electron chi connectivity index (χ4n) is 3.25. The number of rotatable bonds is 5. The first-order chi connectivity index (χ1) is 12.4. The maximum Gasteiger partial charge on any atom is 0.371 e. The Kier molecular flexibility index (Phi) is 4.79. The van der Waals surface area contributed by atoms with Gasteiger partial charge in [0.15, 0.2) is 0 Å². The zero-order valence-corrected chi connectivity index (χ0v) is 14.5. The number of aryl methyl sites for hydroxylation is 1. The van der Waals surface area contributed by atoms with E-state index in [2.05, 4.69) is 10.4 Å². The summed E-state index contributed by atoms with van der Waals surface area (Å²) in [6, 6.07) is 2.46. The van der Waals surface area contributed by atoms with Gasteiger partial charge in [-0.15, -0.1) is 0 Å². The average molecular weight is 360 g/mol. The second kappa shape index (κ2) is 7.03. The third-order valence-electron chi connectivity index (χ3n) is 4.57. The van der Waals surface area contributed by atoms with Crippen LogP contribution < -0.4 is 5.32 Å². The summed E-state index contributed by atoms with van der Waals surface area (Å²) in [5, 5.41) is 15.8. The topological polar surface area (TPSA) is 118 Å². The highest BCUT2D eigenvalue weighted by Gasteiger charge is 2.39. The number of amides is 2. The molecule has 9 heteroatoms. The minimum Gasteiger partial charge on any atom is -0.475 e. The molecule has 2 aromatic heterocycles. The number of aromatic carboxylic acids is 1. The summed E-state index contributed by atoms with van der Waals surface area (Å²) in [7, 11) is 3.46. The van der Waals surface area contributed by atoms with Crippen LogP contribution in [-0.4, -0.2) is 44.6 Å². The van der Waals surface area contributed by atoms with Gasteiger partial charge in [-0.05, 0) is 18.6 Å². The van der Waals surface area contributed by atoms with Gasteiger partial charge >= 0.3 is 5.97 Å². The van der Waals surface area contributed by atoms with Gasteiger partial charge in [-0.2, -0.15) is 5.10 Å². The number of carboxylic acid groups (broad SMARTS) is 1. The smallest absolute Gasteiger partial charge is 0.371 e. The van der Waals surface area contributed by atoms with Crippen molar-refractivity contribution in [3.05, 3.63) is 41.6 Å². The molecule has 3 heterocycles. The van der Waals surface area contributed by atoms with E-state index in [1.165, 1.54) is 12.1 Å². The number of nitrogens with one attached hydrogen (secondary N) is 1. The van der Waals surface area contributed by atoms with Crippen LogP contribution >= 0.6 is 0 Å². The molecule has 0 aliphatic carbocycles. The monoisotopic (exact) mass is 360 g/mol. The van der Waals surface area contributed by atoms with E-state index in [9.17, 15) is 14.4 Å². The Morgan fingerprint density at radius 2 is 2.15 bits per heavy atom. The molecule has 2 N–H and O–H groups in total. The Morgan fingerprint density at radius 3 is 2.77 bits per heavy atom. The van der Waals surface area contributed by atoms with Crippen LogP contribution in [0.5, 0.6) is 0 Å². The summed E-state index contributed by atoms with van der Waals surface area (Å²) >= 11 is 0. The second-order valence-electron chi connectivity index (χ2n) is 6.33. The minimum absolute atomic E-state index is 0.0139. The number of piperidine rings is 1. The molecule has 0 aromatic carbocycles. The number of furan rings is 1. The van der Waals surface area contributed by atoms with E-state index in [0.717, 1.165) is 5.56 Å². The molecule has 0 radical (unpaired) electrons. The van der Waals surface area contributed by atoms with Gasteiger partial charge in [0.2, 0.25) is 17.6 Å². The largest absolute Gasteiger partial charge is 0.475 e. The summed E-state index contributed by atoms with van der Waals surface area (Å²) in [5.74, 6) is -1.63. The first-order valence-corrected chi connectivity index (χ1v) is 8.20. The molecular formula is C17H20N4O5. The number of carbonyl (C=O) groups excluding carboxylic acids is 2. The molecule has 1 saturated heterocycles. The highest BCUT2D eigenvalue weighted by Crippen LogP contribution is 2.35. The number of hydrogen-bond acceptors (Lipinski definition) is 5. The zero-order chi connectivity index (χ0) is 18.8. The van der Waals surface area contributed by atoms with Gasteiger partial charge in [0.05, 0.1) is 24.7 Å². The molecule has 138 valence electrons. The molecule has 2 aromatic rings. The van der Waals surface area contributed by atoms with Crippen LogP contribution in [0, 0.1) is 5.92 Å². The van der Waals surface area contributed by atoms with Crippen molar-refractivity contribution in [3.8, 4) is 0 Å². The second-order valence-corrected chi connectivity index (χ2v) is 6.33. The lowest BCUT2D eigenvalue weighted by Gasteiger charge is -2.37. The maximum atomic E-state index is 12.7. The first kappa shape index (κ1) is 17.7. The number of likely N-dealkylation sites (tertiary alicyclic amines) is 1. The molecule has 0 saturated carbocycles. The molecule has 0 unspecified atom stereocenters. The van der Waals surface area contributed by atoms with Gasteiger partial charge < -0.3 is 19.7 Å². The summed E-state index contributed by atoms with van der Waals surface area (Å²) in [4.78, 5) is 37.2. The van der Waals surface area contributed by atoms with Gasteiger partial charge in [0, 0.05) is 32.3 Å². The predicted molar refractivity (Wildman–Crippen MR) is 89.0 cm³/mol. The van der Waals surface area contributed by atoms with Crippen LogP contribution in [0.1, 0.15) is 40.8 Å². The first-order valence-electron chi connectivity index (χ1n) is 8.20. The maximum absolute atomic E-state index is 12.7. The van der Waals surface area contributed by atoms with Crippen molar-refractivity contribution in [2.75, 3.05) is 7.05 Å². The van der Waals surface area contributed by atoms with Crippen LogP contribution in [-0.2, 0) is 23.2 Å². The Hall–Kier alpha value is -3.10. The van der Waals surface area contributed by atoms with Crippen LogP contribution in [0.4, 0.5) is 0 Å². The van der Waals surface area contributed by atoms with E-state index in [1.54, 1.807) is 36.1 Å². The van der Waals surface area contributed by atoms with Crippen molar-refractivity contribution in [2.45, 2.75) is 25.4 Å². The van der Waals surface area contributed by atoms with Crippen molar-refractivity contribution in [2.24, 2.45) is 13.0 Å². The molecule has 3 rings (SSSR count). The molecule has 26 heavy (non-hydrogen) atoms. The molecule has 2 amide bonds. The molecular weight excluding hydrogens is 340 g/mol. The fourth-order valence-corrected chi connectivity index (χ4v) is 3.25. The van der Waals surface area contributed by atoms with Crippen LogP contribution in [0.15, 0.2) is 28.9 Å². The van der Waals surface area contributed by atoms with Crippen LogP contribution in [0.3, 0.4) is 0 Å². The number of hydrogen-bond donors (Lipinski definition) is 2. The predicted octanol–water partition coefficient (Wildman–Crippen LogP) is 0.937. The van der Waals surface area contributed by atoms with Crippen molar-refractivity contribution in [1.82, 2.24) is 20.0 Å². The van der Waals surface area contributed by atoms with Crippen LogP contribution in [0.2, 0.25) is 0 Å². The highest BCUT2D eigenvalue weighted by atomic mass is 16.4. The standard InChI is InChI=1S/C17H20N4O5/c1-20-9-10(7-19-20)15-12(4-6-14(22)21(15)2)16(23)18-8-11-3-5-13(26-11)17(24)25/h3,5,7,9,12,15H,4,6,8H2,1-2H3,(H,18,23)(H,24,25)/t12-,15+/m1/s1. The fraction of sp³-hybridized carbons (Fsp3) is 0.412. The Balaban J connectivity index is 1.73. The van der Waals surface area contributed by atoms with E-state index < -0.39 is 17.9 Å². The molecule has 1 fully saturated rings. The quantitative estimate of drug-likeness (QED) is 0.819. The van der Waals surface area contributed by atoms with Gasteiger partial charge in [-0.1, -0.05) is 0 Å². The van der Waals surface area contributed by atoms with E-state index in [-0.39, 0.29) is 24.1 Å². The molecule has 1 aliphatic heterocycles. The summed E-state index contributed by atoms with van der Waals surface area (Å²) in [6.45, 7) is 0.0834. The Bertz CT molecular complexity index is 840. The van der Waals surface area contributed by atoms with E-state index >= 15 is 0 Å². The lowest BCUT2D eigenvalue weighted by Crippen LogP contribution is -2.46. The third kappa shape index (κ3) is 3.46. The van der Waals surface area contributed by atoms with Crippen LogP contribution in [0.25, 0.3) is 0 Å². The van der Waals surface area contributed by atoms with Gasteiger partial charge in [-0.25, -0.2) is 4.79 Å². The third-order valence-corrected chi connectivity index (χ3v) is 4.57. The SMILES string of the molecule is CN1C(=O)CC[C@@H](C(=O)NCc2ccc(C(=O)O)o2)[C@@H]1c1cnn(C)c1.